The van der Waals surface area contributed by atoms with Crippen LogP contribution in [0.3, 0.4) is 0 Å². The fourth-order valence-corrected chi connectivity index (χ4v) is 2.53. The molecule has 0 spiro atoms. The second kappa shape index (κ2) is 8.12. The summed E-state index contributed by atoms with van der Waals surface area (Å²) in [5, 5.41) is 3.47. The molecule has 0 aliphatic carbocycles. The molecule has 1 N–H and O–H groups in total. The van der Waals surface area contributed by atoms with Crippen LogP contribution in [0.2, 0.25) is 0 Å². The highest BCUT2D eigenvalue weighted by Gasteiger charge is 2.14. The minimum absolute atomic E-state index is 0.476. The summed E-state index contributed by atoms with van der Waals surface area (Å²) in [6.45, 7) is 2.94. The van der Waals surface area contributed by atoms with Gasteiger partial charge < -0.3 is 19.5 Å². The molecular weight excluding hydrogens is 254 g/mol. The van der Waals surface area contributed by atoms with Crippen molar-refractivity contribution >= 4 is 0 Å². The summed E-state index contributed by atoms with van der Waals surface area (Å²) < 4.78 is 16.1. The van der Waals surface area contributed by atoms with E-state index in [0.29, 0.717) is 6.10 Å². The maximum absolute atomic E-state index is 5.60. The first-order chi connectivity index (χ1) is 9.83. The Labute approximate surface area is 121 Å². The van der Waals surface area contributed by atoms with Crippen LogP contribution in [0, 0.1) is 0 Å². The zero-order valence-electron chi connectivity index (χ0n) is 12.5. The fourth-order valence-electron chi connectivity index (χ4n) is 2.53. The minimum atomic E-state index is 0.476. The van der Waals surface area contributed by atoms with Crippen LogP contribution in [0.1, 0.15) is 24.8 Å². The molecule has 1 unspecified atom stereocenters. The van der Waals surface area contributed by atoms with Crippen LogP contribution in [0.25, 0.3) is 0 Å². The van der Waals surface area contributed by atoms with E-state index in [0.717, 1.165) is 44.0 Å². The molecule has 0 radical (unpaired) electrons. The number of methoxy groups -OCH3 is 2. The van der Waals surface area contributed by atoms with E-state index in [1.165, 1.54) is 18.4 Å². The lowest BCUT2D eigenvalue weighted by atomic mass is 10.1. The van der Waals surface area contributed by atoms with Gasteiger partial charge in [-0.2, -0.15) is 0 Å². The van der Waals surface area contributed by atoms with Crippen LogP contribution in [0.4, 0.5) is 0 Å². The van der Waals surface area contributed by atoms with Crippen LogP contribution < -0.4 is 14.8 Å². The quantitative estimate of drug-likeness (QED) is 0.742. The van der Waals surface area contributed by atoms with Crippen molar-refractivity contribution in [1.82, 2.24) is 5.32 Å². The maximum atomic E-state index is 5.60. The molecule has 1 aromatic carbocycles. The zero-order valence-corrected chi connectivity index (χ0v) is 12.5. The van der Waals surface area contributed by atoms with Gasteiger partial charge in [0, 0.05) is 6.61 Å². The molecule has 0 saturated carbocycles. The largest absolute Gasteiger partial charge is 0.493 e. The fraction of sp³-hybridized carbons (Fsp3) is 0.625. The Morgan fingerprint density at radius 3 is 2.75 bits per heavy atom. The Balaban J connectivity index is 1.68. The third-order valence-corrected chi connectivity index (χ3v) is 3.71. The number of rotatable bonds is 8. The summed E-state index contributed by atoms with van der Waals surface area (Å²) in [6.07, 6.45) is 5.02. The second-order valence-electron chi connectivity index (χ2n) is 5.11. The van der Waals surface area contributed by atoms with Gasteiger partial charge in [-0.3, -0.25) is 0 Å². The Morgan fingerprint density at radius 2 is 2.05 bits per heavy atom. The van der Waals surface area contributed by atoms with E-state index in [1.807, 2.05) is 12.1 Å². The molecule has 112 valence electrons. The molecule has 1 aliphatic heterocycles. The maximum Gasteiger partial charge on any atom is 0.160 e. The van der Waals surface area contributed by atoms with Crippen LogP contribution in [-0.2, 0) is 11.2 Å². The normalized spacial score (nSPS) is 18.2. The Bertz CT molecular complexity index is 403. The molecule has 1 saturated heterocycles. The van der Waals surface area contributed by atoms with E-state index in [-0.39, 0.29) is 0 Å². The lowest BCUT2D eigenvalue weighted by Crippen LogP contribution is -2.22. The molecule has 4 nitrogen and oxygen atoms in total. The van der Waals surface area contributed by atoms with Crippen molar-refractivity contribution < 1.29 is 14.2 Å². The minimum Gasteiger partial charge on any atom is -0.493 e. The van der Waals surface area contributed by atoms with Crippen molar-refractivity contribution in [3.8, 4) is 11.5 Å². The molecule has 1 atom stereocenters. The second-order valence-corrected chi connectivity index (χ2v) is 5.11. The van der Waals surface area contributed by atoms with Gasteiger partial charge in [0.1, 0.15) is 0 Å². The van der Waals surface area contributed by atoms with Gasteiger partial charge in [-0.05, 0) is 56.5 Å². The van der Waals surface area contributed by atoms with Crippen LogP contribution in [-0.4, -0.2) is 40.0 Å². The monoisotopic (exact) mass is 279 g/mol. The van der Waals surface area contributed by atoms with Crippen LogP contribution in [0.5, 0.6) is 11.5 Å². The average Bonchev–Trinajstić information content (AvgIpc) is 3.00. The van der Waals surface area contributed by atoms with Gasteiger partial charge in [0.2, 0.25) is 0 Å². The lowest BCUT2D eigenvalue weighted by molar-refractivity contribution is 0.104. The van der Waals surface area contributed by atoms with Gasteiger partial charge in [-0.15, -0.1) is 0 Å². The topological polar surface area (TPSA) is 39.7 Å². The molecule has 1 aromatic rings. The van der Waals surface area contributed by atoms with E-state index in [9.17, 15) is 0 Å². The smallest absolute Gasteiger partial charge is 0.160 e. The Kier molecular flexibility index (Phi) is 6.15. The number of hydrogen-bond acceptors (Lipinski definition) is 4. The van der Waals surface area contributed by atoms with Gasteiger partial charge in [-0.25, -0.2) is 0 Å². The van der Waals surface area contributed by atoms with Gasteiger partial charge >= 0.3 is 0 Å². The van der Waals surface area contributed by atoms with E-state index >= 15 is 0 Å². The lowest BCUT2D eigenvalue weighted by Gasteiger charge is -2.11. The Morgan fingerprint density at radius 1 is 1.20 bits per heavy atom. The van der Waals surface area contributed by atoms with Crippen molar-refractivity contribution in [2.75, 3.05) is 33.9 Å². The first-order valence-electron chi connectivity index (χ1n) is 7.36. The van der Waals surface area contributed by atoms with Crippen molar-refractivity contribution in [1.29, 1.82) is 0 Å². The third kappa shape index (κ3) is 4.39. The van der Waals surface area contributed by atoms with Gasteiger partial charge in [0.25, 0.3) is 0 Å². The predicted molar refractivity (Wildman–Crippen MR) is 79.7 cm³/mol. The highest BCUT2D eigenvalue weighted by molar-refractivity contribution is 5.42. The summed E-state index contributed by atoms with van der Waals surface area (Å²) >= 11 is 0. The molecule has 0 aromatic heterocycles. The predicted octanol–water partition coefficient (Wildman–Crippen LogP) is 2.41. The van der Waals surface area contributed by atoms with E-state index in [4.69, 9.17) is 14.2 Å². The summed E-state index contributed by atoms with van der Waals surface area (Å²) in [5.41, 5.74) is 1.26. The molecule has 1 heterocycles. The van der Waals surface area contributed by atoms with E-state index in [1.54, 1.807) is 14.2 Å². The van der Waals surface area contributed by atoms with Gasteiger partial charge in [0.15, 0.2) is 11.5 Å². The van der Waals surface area contributed by atoms with Crippen LogP contribution >= 0.6 is 0 Å². The standard InChI is InChI=1S/C16H25NO3/c1-18-15-6-5-13(12-16(15)19-2)7-9-17-10-8-14-4-3-11-20-14/h5-6,12,14,17H,3-4,7-11H2,1-2H3. The molecular formula is C16H25NO3. The third-order valence-electron chi connectivity index (χ3n) is 3.71. The molecule has 4 heteroatoms. The Hall–Kier alpha value is -1.26. The molecule has 1 fully saturated rings. The highest BCUT2D eigenvalue weighted by atomic mass is 16.5. The van der Waals surface area contributed by atoms with Crippen molar-refractivity contribution in [3.05, 3.63) is 23.8 Å². The van der Waals surface area contributed by atoms with E-state index in [2.05, 4.69) is 11.4 Å². The number of ether oxygens (including phenoxy) is 3. The molecule has 0 amide bonds. The van der Waals surface area contributed by atoms with Gasteiger partial charge in [-0.1, -0.05) is 6.07 Å². The molecule has 2 rings (SSSR count). The first kappa shape index (κ1) is 15.1. The zero-order chi connectivity index (χ0) is 14.2. The van der Waals surface area contributed by atoms with E-state index < -0.39 is 0 Å². The van der Waals surface area contributed by atoms with Gasteiger partial charge in [0.05, 0.1) is 20.3 Å². The molecule has 20 heavy (non-hydrogen) atoms. The number of benzene rings is 1. The average molecular weight is 279 g/mol. The summed E-state index contributed by atoms with van der Waals surface area (Å²) in [7, 11) is 3.33. The summed E-state index contributed by atoms with van der Waals surface area (Å²) in [5.74, 6) is 1.58. The number of hydrogen-bond donors (Lipinski definition) is 1. The van der Waals surface area contributed by atoms with Crippen molar-refractivity contribution in [2.24, 2.45) is 0 Å². The SMILES string of the molecule is COc1ccc(CCNCCC2CCCO2)cc1OC. The first-order valence-corrected chi connectivity index (χ1v) is 7.36. The van der Waals surface area contributed by atoms with Crippen molar-refractivity contribution in [2.45, 2.75) is 31.8 Å². The number of nitrogens with one attached hydrogen (secondary N) is 1. The highest BCUT2D eigenvalue weighted by Crippen LogP contribution is 2.27. The molecule has 1 aliphatic rings. The summed E-state index contributed by atoms with van der Waals surface area (Å²) in [6, 6.07) is 6.09. The molecule has 0 bridgehead atoms. The van der Waals surface area contributed by atoms with Crippen molar-refractivity contribution in [3.63, 3.8) is 0 Å². The summed E-state index contributed by atoms with van der Waals surface area (Å²) in [4.78, 5) is 0. The van der Waals surface area contributed by atoms with Crippen LogP contribution in [0.15, 0.2) is 18.2 Å².